The highest BCUT2D eigenvalue weighted by Crippen LogP contribution is 2.37. The van der Waals surface area contributed by atoms with Crippen LogP contribution in [0.1, 0.15) is 6.92 Å². The summed E-state index contributed by atoms with van der Waals surface area (Å²) in [6, 6.07) is 5.32. The Balaban J connectivity index is 2.25. The van der Waals surface area contributed by atoms with E-state index in [4.69, 9.17) is 5.11 Å². The normalized spacial score (nSPS) is 19.0. The zero-order valence-electron chi connectivity index (χ0n) is 10.4. The maximum absolute atomic E-state index is 11.8. The van der Waals surface area contributed by atoms with E-state index in [2.05, 4.69) is 4.98 Å². The van der Waals surface area contributed by atoms with Crippen molar-refractivity contribution in [1.29, 1.82) is 0 Å². The molecular weight excluding hydrogens is 264 g/mol. The van der Waals surface area contributed by atoms with E-state index >= 15 is 0 Å². The molecule has 0 fully saturated rings. The number of carboxylic acids is 1. The molecule has 1 aliphatic rings. The van der Waals surface area contributed by atoms with Crippen LogP contribution in [-0.4, -0.2) is 27.7 Å². The molecule has 100 valence electrons. The van der Waals surface area contributed by atoms with Crippen LogP contribution in [0.3, 0.4) is 0 Å². The Morgan fingerprint density at radius 3 is 2.79 bits per heavy atom. The third-order valence-electron chi connectivity index (χ3n) is 2.50. The SMILES string of the molecule is CC(=O)N(C1=C[SH](CC(=O)O)C=C1)c1ccccn1. The number of hydrogen-bond acceptors (Lipinski definition) is 3. The molecule has 2 heterocycles. The molecule has 1 amide bonds. The third kappa shape index (κ3) is 3.23. The Morgan fingerprint density at radius 1 is 1.42 bits per heavy atom. The second-order valence-electron chi connectivity index (χ2n) is 3.98. The van der Waals surface area contributed by atoms with Gasteiger partial charge in [-0.25, -0.2) is 15.9 Å². The molecule has 5 nitrogen and oxygen atoms in total. The van der Waals surface area contributed by atoms with E-state index in [1.165, 1.54) is 11.8 Å². The van der Waals surface area contributed by atoms with E-state index in [0.717, 1.165) is 0 Å². The molecule has 1 atom stereocenters. The minimum atomic E-state index is -0.835. The molecule has 1 N–H and O–H groups in total. The van der Waals surface area contributed by atoms with Crippen LogP contribution < -0.4 is 4.90 Å². The molecule has 1 unspecified atom stereocenters. The molecule has 19 heavy (non-hydrogen) atoms. The number of anilines is 1. The molecule has 0 aromatic carbocycles. The highest BCUT2D eigenvalue weighted by atomic mass is 32.2. The zero-order chi connectivity index (χ0) is 13.8. The topological polar surface area (TPSA) is 70.5 Å². The second kappa shape index (κ2) is 5.71. The summed E-state index contributed by atoms with van der Waals surface area (Å²) in [6.45, 7) is 1.46. The summed E-state index contributed by atoms with van der Waals surface area (Å²) in [4.78, 5) is 28.1. The minimum absolute atomic E-state index is 0.0866. The molecule has 1 aromatic rings. The number of nitrogens with zero attached hydrogens (tertiary/aromatic N) is 2. The van der Waals surface area contributed by atoms with Crippen molar-refractivity contribution in [3.8, 4) is 0 Å². The number of carboxylic acid groups (broad SMARTS) is 1. The summed E-state index contributed by atoms with van der Waals surface area (Å²) in [5.41, 5.74) is 0.693. The van der Waals surface area contributed by atoms with Gasteiger partial charge in [-0.1, -0.05) is 6.07 Å². The van der Waals surface area contributed by atoms with E-state index < -0.39 is 16.9 Å². The number of aliphatic carboxylic acids is 1. The van der Waals surface area contributed by atoms with Crippen molar-refractivity contribution in [2.24, 2.45) is 0 Å². The van der Waals surface area contributed by atoms with Crippen molar-refractivity contribution in [3.05, 3.63) is 47.0 Å². The van der Waals surface area contributed by atoms with Crippen LogP contribution in [-0.2, 0) is 9.59 Å². The third-order valence-corrected chi connectivity index (χ3v) is 4.27. The van der Waals surface area contributed by atoms with Gasteiger partial charge in [0.05, 0.1) is 11.4 Å². The maximum Gasteiger partial charge on any atom is 0.312 e. The van der Waals surface area contributed by atoms with Crippen LogP contribution in [0.4, 0.5) is 5.82 Å². The zero-order valence-corrected chi connectivity index (χ0v) is 11.2. The molecule has 0 saturated heterocycles. The number of allylic oxidation sites excluding steroid dienone is 1. The van der Waals surface area contributed by atoms with Gasteiger partial charge in [0.15, 0.2) is 0 Å². The first kappa shape index (κ1) is 13.4. The van der Waals surface area contributed by atoms with Crippen LogP contribution >= 0.6 is 10.9 Å². The Hall–Kier alpha value is -2.08. The molecular formula is C13H14N2O3S. The van der Waals surface area contributed by atoms with Gasteiger partial charge in [0.25, 0.3) is 0 Å². The van der Waals surface area contributed by atoms with E-state index in [1.807, 2.05) is 10.8 Å². The van der Waals surface area contributed by atoms with E-state index in [9.17, 15) is 9.59 Å². The number of aromatic nitrogens is 1. The van der Waals surface area contributed by atoms with Gasteiger partial charge < -0.3 is 5.11 Å². The molecule has 0 radical (unpaired) electrons. The summed E-state index contributed by atoms with van der Waals surface area (Å²) in [6.07, 6.45) is 3.40. The van der Waals surface area contributed by atoms with Crippen molar-refractivity contribution in [3.63, 3.8) is 0 Å². The lowest BCUT2D eigenvalue weighted by Crippen LogP contribution is -2.27. The smallest absolute Gasteiger partial charge is 0.312 e. The van der Waals surface area contributed by atoms with Gasteiger partial charge in [0.1, 0.15) is 5.82 Å². The second-order valence-corrected chi connectivity index (χ2v) is 5.88. The minimum Gasteiger partial charge on any atom is -0.481 e. The molecule has 0 bridgehead atoms. The standard InChI is InChI=1S/C13H14N2O3S/c1-10(16)15(12-4-2-3-6-14-12)11-5-7-19(8-11)9-13(17)18/h2-8,19H,9H2,1H3,(H,17,18). The number of hydrogen-bond donors (Lipinski definition) is 2. The first-order chi connectivity index (χ1) is 9.08. The molecule has 0 saturated carbocycles. The molecule has 6 heteroatoms. The van der Waals surface area contributed by atoms with E-state index in [1.54, 1.807) is 30.5 Å². The van der Waals surface area contributed by atoms with Gasteiger partial charge >= 0.3 is 5.97 Å². The highest BCUT2D eigenvalue weighted by Gasteiger charge is 2.20. The van der Waals surface area contributed by atoms with E-state index in [-0.39, 0.29) is 11.7 Å². The fourth-order valence-electron chi connectivity index (χ4n) is 1.78. The summed E-state index contributed by atoms with van der Waals surface area (Å²) in [5.74, 6) is -0.358. The van der Waals surface area contributed by atoms with Gasteiger partial charge in [-0.15, -0.1) is 0 Å². The lowest BCUT2D eigenvalue weighted by Gasteiger charge is -2.20. The number of carbonyl (C=O) groups is 2. The Bertz CT molecular complexity index is 554. The van der Waals surface area contributed by atoms with Crippen molar-refractivity contribution in [2.45, 2.75) is 6.92 Å². The van der Waals surface area contributed by atoms with Crippen LogP contribution in [0.25, 0.3) is 0 Å². The average molecular weight is 278 g/mol. The maximum atomic E-state index is 11.8. The van der Waals surface area contributed by atoms with E-state index in [0.29, 0.717) is 11.5 Å². The van der Waals surface area contributed by atoms with Crippen LogP contribution in [0.15, 0.2) is 47.0 Å². The Kier molecular flexibility index (Phi) is 4.01. The number of thiol groups is 1. The van der Waals surface area contributed by atoms with Crippen LogP contribution in [0, 0.1) is 0 Å². The molecule has 0 spiro atoms. The monoisotopic (exact) mass is 278 g/mol. The van der Waals surface area contributed by atoms with Crippen molar-refractivity contribution < 1.29 is 14.7 Å². The lowest BCUT2D eigenvalue weighted by molar-refractivity contribution is -0.133. The van der Waals surface area contributed by atoms with Gasteiger partial charge in [-0.3, -0.25) is 14.5 Å². The first-order valence-electron chi connectivity index (χ1n) is 5.67. The van der Waals surface area contributed by atoms with Crippen molar-refractivity contribution >= 4 is 28.6 Å². The van der Waals surface area contributed by atoms with Crippen molar-refractivity contribution in [1.82, 2.24) is 4.98 Å². The van der Waals surface area contributed by atoms with Gasteiger partial charge in [-0.05, 0) is 29.0 Å². The molecule has 0 aliphatic carbocycles. The number of amides is 1. The van der Waals surface area contributed by atoms with Gasteiger partial charge in [0, 0.05) is 13.1 Å². The number of rotatable bonds is 4. The first-order valence-corrected chi connectivity index (χ1v) is 7.34. The fraction of sp³-hybridized carbons (Fsp3) is 0.154. The summed E-state index contributed by atoms with van der Waals surface area (Å²) in [7, 11) is -0.835. The molecule has 2 rings (SSSR count). The van der Waals surface area contributed by atoms with Crippen LogP contribution in [0.5, 0.6) is 0 Å². The fourth-order valence-corrected chi connectivity index (χ4v) is 3.26. The van der Waals surface area contributed by atoms with Crippen molar-refractivity contribution in [2.75, 3.05) is 10.7 Å². The number of carbonyl (C=O) groups excluding carboxylic acids is 1. The Morgan fingerprint density at radius 2 is 2.21 bits per heavy atom. The Labute approximate surface area is 113 Å². The predicted octanol–water partition coefficient (Wildman–Crippen LogP) is 1.89. The lowest BCUT2D eigenvalue weighted by atomic mass is 10.3. The van der Waals surface area contributed by atoms with Gasteiger partial charge in [0.2, 0.25) is 5.91 Å². The summed E-state index contributed by atoms with van der Waals surface area (Å²) < 4.78 is 0. The molecule has 1 aromatic heterocycles. The molecule has 1 aliphatic heterocycles. The van der Waals surface area contributed by atoms with Crippen LogP contribution in [0.2, 0.25) is 0 Å². The average Bonchev–Trinajstić information content (AvgIpc) is 2.77. The largest absolute Gasteiger partial charge is 0.481 e. The number of pyridine rings is 1. The van der Waals surface area contributed by atoms with Gasteiger partial charge in [-0.2, -0.15) is 0 Å². The highest BCUT2D eigenvalue weighted by molar-refractivity contribution is 8.22. The summed E-state index contributed by atoms with van der Waals surface area (Å²) in [5, 5.41) is 12.5. The quantitative estimate of drug-likeness (QED) is 0.825. The summed E-state index contributed by atoms with van der Waals surface area (Å²) >= 11 is 0. The predicted molar refractivity (Wildman–Crippen MR) is 76.1 cm³/mol.